The van der Waals surface area contributed by atoms with Gasteiger partial charge in [-0.25, -0.2) is 0 Å². The Balaban J connectivity index is 2.52. The molecule has 0 aliphatic carbocycles. The average molecular weight is 284 g/mol. The van der Waals surface area contributed by atoms with Crippen LogP contribution in [0.3, 0.4) is 0 Å². The van der Waals surface area contributed by atoms with E-state index in [2.05, 4.69) is 0 Å². The highest BCUT2D eigenvalue weighted by Gasteiger charge is 2.17. The van der Waals surface area contributed by atoms with E-state index in [-0.39, 0.29) is 5.75 Å². The van der Waals surface area contributed by atoms with Gasteiger partial charge in [0.2, 0.25) is 5.75 Å². The number of hydrogen-bond acceptors (Lipinski definition) is 4. The third-order valence-electron chi connectivity index (χ3n) is 3.66. The van der Waals surface area contributed by atoms with Crippen LogP contribution in [0.25, 0.3) is 21.5 Å². The second kappa shape index (κ2) is 5.05. The molecule has 0 saturated heterocycles. The zero-order valence-corrected chi connectivity index (χ0v) is 12.1. The summed E-state index contributed by atoms with van der Waals surface area (Å²) in [4.78, 5) is 0. The molecule has 1 N–H and O–H groups in total. The number of aromatic hydroxyl groups is 1. The second-order valence-electron chi connectivity index (χ2n) is 4.68. The van der Waals surface area contributed by atoms with Crippen molar-refractivity contribution >= 4 is 21.5 Å². The number of hydrogen-bond donors (Lipinski definition) is 1. The lowest BCUT2D eigenvalue weighted by atomic mass is 9.99. The van der Waals surface area contributed by atoms with Gasteiger partial charge in [-0.15, -0.1) is 0 Å². The van der Waals surface area contributed by atoms with Gasteiger partial charge in [-0.2, -0.15) is 0 Å². The maximum absolute atomic E-state index is 10.3. The Bertz CT molecular complexity index is 824. The van der Waals surface area contributed by atoms with Crippen LogP contribution in [0, 0.1) is 0 Å². The number of methoxy groups -OCH3 is 3. The Morgan fingerprint density at radius 2 is 1.57 bits per heavy atom. The minimum absolute atomic E-state index is 0.00261. The second-order valence-corrected chi connectivity index (χ2v) is 4.68. The van der Waals surface area contributed by atoms with Gasteiger partial charge < -0.3 is 19.3 Å². The molecular formula is C17H16O4. The molecular weight excluding hydrogens is 268 g/mol. The molecule has 0 spiro atoms. The van der Waals surface area contributed by atoms with Crippen LogP contribution >= 0.6 is 0 Å². The van der Waals surface area contributed by atoms with E-state index in [4.69, 9.17) is 14.2 Å². The van der Waals surface area contributed by atoms with Crippen LogP contribution in [0.2, 0.25) is 0 Å². The number of phenolic OH excluding ortho intramolecular Hbond substituents is 1. The number of phenols is 1. The van der Waals surface area contributed by atoms with E-state index >= 15 is 0 Å². The van der Waals surface area contributed by atoms with Gasteiger partial charge in [-0.3, -0.25) is 0 Å². The summed E-state index contributed by atoms with van der Waals surface area (Å²) in [7, 11) is 4.69. The fourth-order valence-electron chi connectivity index (χ4n) is 2.69. The SMILES string of the molecule is COc1cc2ccc3c(OC)cccc3c2c(OC)c1O. The molecule has 0 aliphatic heterocycles. The van der Waals surface area contributed by atoms with Crippen LogP contribution in [-0.4, -0.2) is 26.4 Å². The molecule has 0 aliphatic rings. The summed E-state index contributed by atoms with van der Waals surface area (Å²) in [5, 5.41) is 14.0. The standard InChI is InChI=1S/C17H16O4/c1-19-13-6-4-5-12-11(13)8-7-10-9-14(20-2)16(18)17(21-3)15(10)12/h4-9,18H,1-3H3. The lowest BCUT2D eigenvalue weighted by molar-refractivity contribution is 0.343. The summed E-state index contributed by atoms with van der Waals surface area (Å²) in [5.41, 5.74) is 0. The first-order valence-corrected chi connectivity index (χ1v) is 6.54. The first-order valence-electron chi connectivity index (χ1n) is 6.54. The minimum atomic E-state index is 0.00261. The predicted octanol–water partition coefficient (Wildman–Crippen LogP) is 3.72. The Labute approximate surface area is 122 Å². The molecule has 0 saturated carbocycles. The van der Waals surface area contributed by atoms with Gasteiger partial charge in [0.1, 0.15) is 5.75 Å². The smallest absolute Gasteiger partial charge is 0.201 e. The molecule has 21 heavy (non-hydrogen) atoms. The fraction of sp³-hybridized carbons (Fsp3) is 0.176. The van der Waals surface area contributed by atoms with Crippen LogP contribution in [0.5, 0.6) is 23.0 Å². The molecule has 3 aromatic carbocycles. The maximum Gasteiger partial charge on any atom is 0.201 e. The molecule has 4 heteroatoms. The third-order valence-corrected chi connectivity index (χ3v) is 3.66. The van der Waals surface area contributed by atoms with Crippen molar-refractivity contribution in [3.63, 3.8) is 0 Å². The molecule has 0 atom stereocenters. The van der Waals surface area contributed by atoms with Gasteiger partial charge in [0.25, 0.3) is 0 Å². The van der Waals surface area contributed by atoms with Gasteiger partial charge in [0, 0.05) is 10.8 Å². The molecule has 0 aromatic heterocycles. The first-order chi connectivity index (χ1) is 10.2. The van der Waals surface area contributed by atoms with Gasteiger partial charge in [-0.1, -0.05) is 24.3 Å². The lowest BCUT2D eigenvalue weighted by Crippen LogP contribution is -1.92. The minimum Gasteiger partial charge on any atom is -0.502 e. The van der Waals surface area contributed by atoms with Gasteiger partial charge in [0.05, 0.1) is 21.3 Å². The van der Waals surface area contributed by atoms with Crippen molar-refractivity contribution in [3.8, 4) is 23.0 Å². The summed E-state index contributed by atoms with van der Waals surface area (Å²) >= 11 is 0. The first kappa shape index (κ1) is 13.4. The Hall–Kier alpha value is -2.62. The molecule has 0 unspecified atom stereocenters. The quantitative estimate of drug-likeness (QED) is 0.745. The van der Waals surface area contributed by atoms with Crippen molar-refractivity contribution in [2.45, 2.75) is 0 Å². The lowest BCUT2D eigenvalue weighted by Gasteiger charge is -2.14. The van der Waals surface area contributed by atoms with Crippen molar-refractivity contribution in [1.29, 1.82) is 0 Å². The van der Waals surface area contributed by atoms with Crippen molar-refractivity contribution in [3.05, 3.63) is 36.4 Å². The maximum atomic E-state index is 10.3. The van der Waals surface area contributed by atoms with E-state index < -0.39 is 0 Å². The van der Waals surface area contributed by atoms with Crippen LogP contribution in [0.1, 0.15) is 0 Å². The molecule has 0 heterocycles. The van der Waals surface area contributed by atoms with Crippen molar-refractivity contribution in [2.24, 2.45) is 0 Å². The van der Waals surface area contributed by atoms with Crippen LogP contribution in [0.15, 0.2) is 36.4 Å². The molecule has 0 bridgehead atoms. The monoisotopic (exact) mass is 284 g/mol. The molecule has 108 valence electrons. The van der Waals surface area contributed by atoms with Crippen molar-refractivity contribution in [1.82, 2.24) is 0 Å². The molecule has 0 fully saturated rings. The highest BCUT2D eigenvalue weighted by Crippen LogP contribution is 2.46. The molecule has 3 aromatic rings. The summed E-state index contributed by atoms with van der Waals surface area (Å²) in [6.07, 6.45) is 0. The average Bonchev–Trinajstić information content (AvgIpc) is 2.53. The van der Waals surface area contributed by atoms with E-state index in [0.29, 0.717) is 11.5 Å². The molecule has 0 radical (unpaired) electrons. The van der Waals surface area contributed by atoms with Crippen LogP contribution < -0.4 is 14.2 Å². The van der Waals surface area contributed by atoms with Gasteiger partial charge in [-0.05, 0) is 22.9 Å². The van der Waals surface area contributed by atoms with E-state index in [1.807, 2.05) is 30.3 Å². The van der Waals surface area contributed by atoms with Crippen LogP contribution in [0.4, 0.5) is 0 Å². The van der Waals surface area contributed by atoms with Gasteiger partial charge in [0.15, 0.2) is 11.5 Å². The summed E-state index contributed by atoms with van der Waals surface area (Å²) < 4.78 is 16.0. The van der Waals surface area contributed by atoms with Crippen LogP contribution in [-0.2, 0) is 0 Å². The number of rotatable bonds is 3. The van der Waals surface area contributed by atoms with E-state index in [1.165, 1.54) is 14.2 Å². The fourth-order valence-corrected chi connectivity index (χ4v) is 2.69. The zero-order valence-electron chi connectivity index (χ0n) is 12.1. The number of benzene rings is 3. The molecule has 0 amide bonds. The van der Waals surface area contributed by atoms with Crippen molar-refractivity contribution in [2.75, 3.05) is 21.3 Å². The predicted molar refractivity (Wildman–Crippen MR) is 82.8 cm³/mol. The van der Waals surface area contributed by atoms with E-state index in [9.17, 15) is 5.11 Å². The number of fused-ring (bicyclic) bond motifs is 3. The Kier molecular flexibility index (Phi) is 3.22. The van der Waals surface area contributed by atoms with E-state index in [0.717, 1.165) is 27.3 Å². The highest BCUT2D eigenvalue weighted by atomic mass is 16.5. The highest BCUT2D eigenvalue weighted by molar-refractivity contribution is 6.13. The van der Waals surface area contributed by atoms with Crippen molar-refractivity contribution < 1.29 is 19.3 Å². The zero-order chi connectivity index (χ0) is 15.0. The Morgan fingerprint density at radius 1 is 0.810 bits per heavy atom. The topological polar surface area (TPSA) is 47.9 Å². The Morgan fingerprint density at radius 3 is 2.24 bits per heavy atom. The largest absolute Gasteiger partial charge is 0.502 e. The summed E-state index contributed by atoms with van der Waals surface area (Å²) in [5.74, 6) is 1.58. The summed E-state index contributed by atoms with van der Waals surface area (Å²) in [6, 6.07) is 11.6. The normalized spacial score (nSPS) is 10.8. The van der Waals surface area contributed by atoms with E-state index in [1.54, 1.807) is 13.2 Å². The third kappa shape index (κ3) is 1.91. The summed E-state index contributed by atoms with van der Waals surface area (Å²) in [6.45, 7) is 0. The molecule has 4 nitrogen and oxygen atoms in total. The molecule has 3 rings (SSSR count). The number of ether oxygens (including phenoxy) is 3. The van der Waals surface area contributed by atoms with Gasteiger partial charge >= 0.3 is 0 Å².